The summed E-state index contributed by atoms with van der Waals surface area (Å²) in [5.41, 5.74) is 12.5. The van der Waals surface area contributed by atoms with Gasteiger partial charge in [-0.2, -0.15) is 0 Å². The first-order valence-electron chi connectivity index (χ1n) is 7.88. The molecule has 0 atom stereocenters. The number of piperazine rings is 1. The molecule has 1 aliphatic heterocycles. The maximum atomic E-state index is 11.2. The fourth-order valence-electron chi connectivity index (χ4n) is 2.65. The van der Waals surface area contributed by atoms with Gasteiger partial charge in [-0.05, 0) is 24.1 Å². The van der Waals surface area contributed by atoms with Crippen LogP contribution >= 0.6 is 0 Å². The third-order valence-electron chi connectivity index (χ3n) is 3.98. The van der Waals surface area contributed by atoms with Crippen LogP contribution in [0.3, 0.4) is 0 Å². The highest BCUT2D eigenvalue weighted by molar-refractivity contribution is 5.92. The average Bonchev–Trinajstić information content (AvgIpc) is 2.55. The van der Waals surface area contributed by atoms with Crippen molar-refractivity contribution in [2.75, 3.05) is 51.1 Å². The van der Waals surface area contributed by atoms with Crippen molar-refractivity contribution >= 4 is 17.5 Å². The highest BCUT2D eigenvalue weighted by Crippen LogP contribution is 2.11. The fourth-order valence-corrected chi connectivity index (χ4v) is 2.65. The van der Waals surface area contributed by atoms with E-state index in [4.69, 9.17) is 11.5 Å². The summed E-state index contributed by atoms with van der Waals surface area (Å²) in [5, 5.41) is 2.73. The summed E-state index contributed by atoms with van der Waals surface area (Å²) in [6.45, 7) is 5.00. The highest BCUT2D eigenvalue weighted by atomic mass is 16.2. The van der Waals surface area contributed by atoms with Gasteiger partial charge in [-0.3, -0.25) is 14.5 Å². The van der Waals surface area contributed by atoms with E-state index in [1.807, 2.05) is 24.3 Å². The smallest absolute Gasteiger partial charge is 0.238 e. The number of nitrogens with zero attached hydrogens (tertiary/aromatic N) is 2. The molecule has 1 aliphatic rings. The van der Waals surface area contributed by atoms with E-state index in [9.17, 15) is 9.59 Å². The van der Waals surface area contributed by atoms with E-state index >= 15 is 0 Å². The number of carbonyl (C=O) groups excluding carboxylic acids is 2. The predicted molar refractivity (Wildman–Crippen MR) is 89.9 cm³/mol. The molecule has 1 fully saturated rings. The Morgan fingerprint density at radius 1 is 1.04 bits per heavy atom. The van der Waals surface area contributed by atoms with Crippen molar-refractivity contribution in [1.29, 1.82) is 0 Å². The molecule has 7 heteroatoms. The summed E-state index contributed by atoms with van der Waals surface area (Å²) in [4.78, 5) is 26.6. The van der Waals surface area contributed by atoms with E-state index in [2.05, 4.69) is 15.1 Å². The van der Waals surface area contributed by atoms with Gasteiger partial charge in [0.15, 0.2) is 0 Å². The van der Waals surface area contributed by atoms with Gasteiger partial charge < -0.3 is 21.7 Å². The monoisotopic (exact) mass is 319 g/mol. The van der Waals surface area contributed by atoms with Crippen LogP contribution in [0.25, 0.3) is 0 Å². The van der Waals surface area contributed by atoms with Gasteiger partial charge in [-0.25, -0.2) is 0 Å². The quantitative estimate of drug-likeness (QED) is 0.612. The lowest BCUT2D eigenvalue weighted by atomic mass is 10.1. The Balaban J connectivity index is 1.72. The Hall–Kier alpha value is -1.96. The van der Waals surface area contributed by atoms with Gasteiger partial charge in [0.25, 0.3) is 0 Å². The first-order chi connectivity index (χ1) is 11.1. The number of primary amides is 1. The number of hydrogen-bond donors (Lipinski definition) is 3. The van der Waals surface area contributed by atoms with Crippen LogP contribution in [0.5, 0.6) is 0 Å². The molecule has 2 amide bonds. The zero-order chi connectivity index (χ0) is 16.7. The third kappa shape index (κ3) is 5.97. The number of rotatable bonds is 7. The van der Waals surface area contributed by atoms with E-state index in [1.165, 1.54) is 5.56 Å². The van der Waals surface area contributed by atoms with E-state index in [0.29, 0.717) is 6.54 Å². The Morgan fingerprint density at radius 3 is 2.22 bits per heavy atom. The zero-order valence-electron chi connectivity index (χ0n) is 13.3. The second-order valence-electron chi connectivity index (χ2n) is 5.78. The molecule has 1 saturated heterocycles. The van der Waals surface area contributed by atoms with Gasteiger partial charge in [-0.15, -0.1) is 0 Å². The maximum absolute atomic E-state index is 11.2. The molecular formula is C16H25N5O2. The van der Waals surface area contributed by atoms with E-state index in [0.717, 1.165) is 44.8 Å². The van der Waals surface area contributed by atoms with E-state index < -0.39 is 0 Å². The maximum Gasteiger partial charge on any atom is 0.238 e. The minimum atomic E-state index is -0.264. The summed E-state index contributed by atoms with van der Waals surface area (Å²) >= 11 is 0. The fraction of sp³-hybridized carbons (Fsp3) is 0.500. The van der Waals surface area contributed by atoms with Crippen molar-refractivity contribution in [1.82, 2.24) is 9.80 Å². The Kier molecular flexibility index (Phi) is 6.52. The molecular weight excluding hydrogens is 294 g/mol. The molecule has 1 aromatic rings. The molecule has 5 N–H and O–H groups in total. The van der Waals surface area contributed by atoms with Crippen molar-refractivity contribution in [3.8, 4) is 0 Å². The second kappa shape index (κ2) is 8.61. The van der Waals surface area contributed by atoms with Crippen LogP contribution in [0.4, 0.5) is 5.69 Å². The standard InChI is InChI=1S/C16H25N5O2/c17-11-16(23)19-14-3-1-13(2-4-14)5-6-20-7-9-21(10-8-20)12-15(18)22/h1-4H,5-12,17H2,(H2,18,22)(H,19,23). The summed E-state index contributed by atoms with van der Waals surface area (Å²) in [6, 6.07) is 7.84. The highest BCUT2D eigenvalue weighted by Gasteiger charge is 2.17. The van der Waals surface area contributed by atoms with Crippen LogP contribution < -0.4 is 16.8 Å². The minimum absolute atomic E-state index is 0.0104. The Labute approximate surface area is 136 Å². The molecule has 2 rings (SSSR count). The lowest BCUT2D eigenvalue weighted by Gasteiger charge is -2.33. The molecule has 0 unspecified atom stereocenters. The normalized spacial score (nSPS) is 16.2. The molecule has 1 aromatic carbocycles. The van der Waals surface area contributed by atoms with Gasteiger partial charge in [0.1, 0.15) is 0 Å². The average molecular weight is 319 g/mol. The molecule has 0 aromatic heterocycles. The van der Waals surface area contributed by atoms with Crippen LogP contribution in [0.1, 0.15) is 5.56 Å². The van der Waals surface area contributed by atoms with Crippen LogP contribution in [-0.4, -0.2) is 67.4 Å². The topological polar surface area (TPSA) is 105 Å². The summed E-state index contributed by atoms with van der Waals surface area (Å²) < 4.78 is 0. The molecule has 0 aliphatic carbocycles. The SMILES string of the molecule is NCC(=O)Nc1ccc(CCN2CCN(CC(N)=O)CC2)cc1. The van der Waals surface area contributed by atoms with Gasteiger partial charge >= 0.3 is 0 Å². The third-order valence-corrected chi connectivity index (χ3v) is 3.98. The van der Waals surface area contributed by atoms with Gasteiger partial charge in [-0.1, -0.05) is 12.1 Å². The van der Waals surface area contributed by atoms with E-state index in [-0.39, 0.29) is 18.4 Å². The Bertz CT molecular complexity index is 524. The number of amides is 2. The van der Waals surface area contributed by atoms with Crippen LogP contribution in [0.15, 0.2) is 24.3 Å². The first-order valence-corrected chi connectivity index (χ1v) is 7.88. The molecule has 7 nitrogen and oxygen atoms in total. The van der Waals surface area contributed by atoms with Crippen LogP contribution in [0.2, 0.25) is 0 Å². The van der Waals surface area contributed by atoms with E-state index in [1.54, 1.807) is 0 Å². The van der Waals surface area contributed by atoms with Crippen LogP contribution in [-0.2, 0) is 16.0 Å². The predicted octanol–water partition coefficient (Wildman–Crippen LogP) is -0.771. The second-order valence-corrected chi connectivity index (χ2v) is 5.78. The van der Waals surface area contributed by atoms with Crippen LogP contribution in [0, 0.1) is 0 Å². The van der Waals surface area contributed by atoms with Gasteiger partial charge in [0.05, 0.1) is 13.1 Å². The summed E-state index contributed by atoms with van der Waals surface area (Å²) in [6.07, 6.45) is 0.959. The molecule has 23 heavy (non-hydrogen) atoms. The number of nitrogens with two attached hydrogens (primary N) is 2. The van der Waals surface area contributed by atoms with Crippen molar-refractivity contribution in [3.63, 3.8) is 0 Å². The lowest BCUT2D eigenvalue weighted by molar-refractivity contribution is -0.119. The van der Waals surface area contributed by atoms with Crippen molar-refractivity contribution in [2.24, 2.45) is 11.5 Å². The van der Waals surface area contributed by atoms with Crippen molar-refractivity contribution < 1.29 is 9.59 Å². The van der Waals surface area contributed by atoms with Gasteiger partial charge in [0.2, 0.25) is 11.8 Å². The largest absolute Gasteiger partial charge is 0.369 e. The molecule has 0 saturated carbocycles. The lowest BCUT2D eigenvalue weighted by Crippen LogP contribution is -2.49. The molecule has 0 radical (unpaired) electrons. The zero-order valence-corrected chi connectivity index (χ0v) is 13.3. The van der Waals surface area contributed by atoms with Gasteiger partial charge in [0, 0.05) is 38.4 Å². The Morgan fingerprint density at radius 2 is 1.65 bits per heavy atom. The summed E-state index contributed by atoms with van der Waals surface area (Å²) in [5.74, 6) is -0.452. The van der Waals surface area contributed by atoms with Crippen molar-refractivity contribution in [3.05, 3.63) is 29.8 Å². The number of anilines is 1. The molecule has 1 heterocycles. The molecule has 126 valence electrons. The molecule has 0 spiro atoms. The number of carbonyl (C=O) groups is 2. The minimum Gasteiger partial charge on any atom is -0.369 e. The number of benzene rings is 1. The number of hydrogen-bond acceptors (Lipinski definition) is 5. The first kappa shape index (κ1) is 17.4. The summed E-state index contributed by atoms with van der Waals surface area (Å²) in [7, 11) is 0. The molecule has 0 bridgehead atoms. The number of nitrogens with one attached hydrogen (secondary N) is 1. The van der Waals surface area contributed by atoms with Crippen molar-refractivity contribution in [2.45, 2.75) is 6.42 Å².